The lowest BCUT2D eigenvalue weighted by atomic mass is 10.1. The molecule has 3 rings (SSSR count). The molecule has 0 saturated carbocycles. The molecule has 0 radical (unpaired) electrons. The standard InChI is InChI=1S/C23H28N6O7/c1-7-28-11(5)24-18-15(28)13(22(33)35-9-3)14(20(31)26-18)21(32)27-19-16(17(30)23(34)36-10-4)29(8-2)12(6)25-19/h7-10H2,1-6H3,(H,26,31)(H,27,32). The van der Waals surface area contributed by atoms with Gasteiger partial charge < -0.3 is 28.9 Å². The molecule has 0 aliphatic carbocycles. The number of pyridine rings is 1. The number of hydrogen-bond acceptors (Lipinski definition) is 9. The topological polar surface area (TPSA) is 167 Å². The molecule has 0 aliphatic rings. The first-order valence-electron chi connectivity index (χ1n) is 11.5. The summed E-state index contributed by atoms with van der Waals surface area (Å²) < 4.78 is 13.1. The lowest BCUT2D eigenvalue weighted by Gasteiger charge is -2.12. The molecule has 0 aliphatic heterocycles. The second-order valence-electron chi connectivity index (χ2n) is 7.63. The van der Waals surface area contributed by atoms with Gasteiger partial charge in [0.15, 0.2) is 11.5 Å². The molecule has 3 aromatic heterocycles. The average Bonchev–Trinajstić information content (AvgIpc) is 3.31. The maximum absolute atomic E-state index is 13.4. The first-order chi connectivity index (χ1) is 17.1. The van der Waals surface area contributed by atoms with E-state index in [1.54, 1.807) is 39.2 Å². The molecule has 0 aromatic carbocycles. The molecule has 0 fully saturated rings. The van der Waals surface area contributed by atoms with Crippen molar-refractivity contribution in [1.29, 1.82) is 0 Å². The summed E-state index contributed by atoms with van der Waals surface area (Å²) >= 11 is 0. The summed E-state index contributed by atoms with van der Waals surface area (Å²) in [5.74, 6) is -3.40. The summed E-state index contributed by atoms with van der Waals surface area (Å²) in [7, 11) is 0. The Morgan fingerprint density at radius 3 is 2.08 bits per heavy atom. The predicted octanol–water partition coefficient (Wildman–Crippen LogP) is 1.75. The summed E-state index contributed by atoms with van der Waals surface area (Å²) in [5, 5.41) is 2.43. The van der Waals surface area contributed by atoms with Crippen LogP contribution in [0.2, 0.25) is 0 Å². The van der Waals surface area contributed by atoms with Gasteiger partial charge in [-0.15, -0.1) is 0 Å². The van der Waals surface area contributed by atoms with Crippen LogP contribution in [0.1, 0.15) is 70.5 Å². The SMILES string of the molecule is CCOC(=O)C(=O)c1c(NC(=O)c2c(C(=O)OCC)c3c(nc(C)n3CC)[nH]c2=O)nc(C)n1CC. The Morgan fingerprint density at radius 2 is 1.50 bits per heavy atom. The Balaban J connectivity index is 2.22. The number of ketones is 1. The number of nitrogens with one attached hydrogen (secondary N) is 2. The number of Topliss-reactive ketones (excluding diaryl/α,β-unsaturated/α-hetero) is 1. The van der Waals surface area contributed by atoms with Crippen LogP contribution in [-0.2, 0) is 27.4 Å². The largest absolute Gasteiger partial charge is 0.462 e. The molecule has 1 amide bonds. The van der Waals surface area contributed by atoms with Gasteiger partial charge in [0, 0.05) is 13.1 Å². The van der Waals surface area contributed by atoms with E-state index >= 15 is 0 Å². The third-order valence-corrected chi connectivity index (χ3v) is 5.51. The second-order valence-corrected chi connectivity index (χ2v) is 7.63. The summed E-state index contributed by atoms with van der Waals surface area (Å²) in [6.07, 6.45) is 0. The minimum Gasteiger partial charge on any atom is -0.462 e. The normalized spacial score (nSPS) is 10.9. The first-order valence-corrected chi connectivity index (χ1v) is 11.5. The van der Waals surface area contributed by atoms with Gasteiger partial charge in [-0.25, -0.2) is 19.6 Å². The van der Waals surface area contributed by atoms with Gasteiger partial charge in [0.2, 0.25) is 0 Å². The third kappa shape index (κ3) is 4.51. The molecule has 0 atom stereocenters. The number of aromatic amines is 1. The van der Waals surface area contributed by atoms with E-state index in [-0.39, 0.29) is 48.0 Å². The molecule has 0 bridgehead atoms. The number of fused-ring (bicyclic) bond motifs is 1. The maximum atomic E-state index is 13.4. The van der Waals surface area contributed by atoms with Crippen molar-refractivity contribution in [2.24, 2.45) is 0 Å². The molecule has 36 heavy (non-hydrogen) atoms. The summed E-state index contributed by atoms with van der Waals surface area (Å²) in [6.45, 7) is 10.6. The zero-order chi connectivity index (χ0) is 26.7. The van der Waals surface area contributed by atoms with Crippen LogP contribution < -0.4 is 10.9 Å². The van der Waals surface area contributed by atoms with E-state index < -0.39 is 34.8 Å². The molecule has 2 N–H and O–H groups in total. The van der Waals surface area contributed by atoms with Crippen LogP contribution in [0, 0.1) is 13.8 Å². The van der Waals surface area contributed by atoms with Crippen molar-refractivity contribution in [2.45, 2.75) is 54.6 Å². The molecule has 192 valence electrons. The van der Waals surface area contributed by atoms with Gasteiger partial charge in [0.1, 0.15) is 34.0 Å². The van der Waals surface area contributed by atoms with Crippen molar-refractivity contribution in [1.82, 2.24) is 24.1 Å². The molecule has 0 saturated heterocycles. The lowest BCUT2D eigenvalue weighted by Crippen LogP contribution is -2.30. The van der Waals surface area contributed by atoms with E-state index in [4.69, 9.17) is 9.47 Å². The summed E-state index contributed by atoms with van der Waals surface area (Å²) in [4.78, 5) is 75.4. The number of rotatable bonds is 9. The van der Waals surface area contributed by atoms with Crippen molar-refractivity contribution in [3.05, 3.63) is 38.8 Å². The van der Waals surface area contributed by atoms with E-state index in [0.717, 1.165) is 0 Å². The second kappa shape index (κ2) is 10.5. The highest BCUT2D eigenvalue weighted by molar-refractivity contribution is 6.41. The number of H-pyrrole nitrogens is 1. The fraction of sp³-hybridized carbons (Fsp3) is 0.435. The van der Waals surface area contributed by atoms with Gasteiger partial charge in [0.25, 0.3) is 17.2 Å². The molecule has 0 unspecified atom stereocenters. The van der Waals surface area contributed by atoms with E-state index in [1.165, 1.54) is 4.57 Å². The Bertz CT molecular complexity index is 1430. The fourth-order valence-electron chi connectivity index (χ4n) is 4.05. The molecular formula is C23H28N6O7. The monoisotopic (exact) mass is 500 g/mol. The highest BCUT2D eigenvalue weighted by Gasteiger charge is 2.32. The van der Waals surface area contributed by atoms with E-state index in [2.05, 4.69) is 20.3 Å². The minimum absolute atomic E-state index is 0.00567. The number of ether oxygens (including phenoxy) is 2. The number of aromatic nitrogens is 5. The maximum Gasteiger partial charge on any atom is 0.381 e. The van der Waals surface area contributed by atoms with Crippen molar-refractivity contribution in [3.8, 4) is 0 Å². The van der Waals surface area contributed by atoms with Crippen LogP contribution in [0.3, 0.4) is 0 Å². The number of hydrogen-bond donors (Lipinski definition) is 2. The van der Waals surface area contributed by atoms with E-state index in [9.17, 15) is 24.0 Å². The predicted molar refractivity (Wildman–Crippen MR) is 128 cm³/mol. The quantitative estimate of drug-likeness (QED) is 0.253. The number of anilines is 1. The Morgan fingerprint density at radius 1 is 0.889 bits per heavy atom. The van der Waals surface area contributed by atoms with Gasteiger partial charge in [-0.05, 0) is 41.5 Å². The Hall–Kier alpha value is -4.29. The molecular weight excluding hydrogens is 472 g/mol. The lowest BCUT2D eigenvalue weighted by molar-refractivity contribution is -0.137. The van der Waals surface area contributed by atoms with Crippen molar-refractivity contribution < 1.29 is 28.7 Å². The smallest absolute Gasteiger partial charge is 0.381 e. The number of carbonyl (C=O) groups excluding carboxylic acids is 4. The average molecular weight is 501 g/mol. The molecule has 13 heteroatoms. The summed E-state index contributed by atoms with van der Waals surface area (Å²) in [5.41, 5.74) is -1.52. The van der Waals surface area contributed by atoms with E-state index in [1.807, 2.05) is 6.92 Å². The number of carbonyl (C=O) groups is 4. The third-order valence-electron chi connectivity index (χ3n) is 5.51. The first kappa shape index (κ1) is 26.3. The zero-order valence-corrected chi connectivity index (χ0v) is 21.0. The molecule has 13 nitrogen and oxygen atoms in total. The van der Waals surface area contributed by atoms with Crippen LogP contribution in [0.4, 0.5) is 5.82 Å². The molecule has 0 spiro atoms. The van der Waals surface area contributed by atoms with Gasteiger partial charge in [-0.3, -0.25) is 14.4 Å². The van der Waals surface area contributed by atoms with Crippen molar-refractivity contribution in [2.75, 3.05) is 18.5 Å². The van der Waals surface area contributed by atoms with Crippen LogP contribution in [0.5, 0.6) is 0 Å². The number of nitrogens with zero attached hydrogens (tertiary/aromatic N) is 4. The number of imidazole rings is 2. The van der Waals surface area contributed by atoms with Crippen LogP contribution >= 0.6 is 0 Å². The Labute approximate surface area is 205 Å². The van der Waals surface area contributed by atoms with Crippen LogP contribution in [-0.4, -0.2) is 60.9 Å². The number of aryl methyl sites for hydroxylation is 3. The molecule has 3 aromatic rings. The van der Waals surface area contributed by atoms with Gasteiger partial charge in [-0.2, -0.15) is 0 Å². The Kier molecular flexibility index (Phi) is 7.71. The summed E-state index contributed by atoms with van der Waals surface area (Å²) in [6, 6.07) is 0. The minimum atomic E-state index is -1.11. The van der Waals surface area contributed by atoms with Gasteiger partial charge in [0.05, 0.1) is 13.2 Å². The van der Waals surface area contributed by atoms with Gasteiger partial charge in [-0.1, -0.05) is 0 Å². The molecule has 3 heterocycles. The number of esters is 2. The van der Waals surface area contributed by atoms with Crippen LogP contribution in [0.25, 0.3) is 11.2 Å². The highest BCUT2D eigenvalue weighted by atomic mass is 16.5. The highest BCUT2D eigenvalue weighted by Crippen LogP contribution is 2.24. The van der Waals surface area contributed by atoms with Crippen molar-refractivity contribution >= 4 is 40.6 Å². The van der Waals surface area contributed by atoms with Gasteiger partial charge >= 0.3 is 11.9 Å². The fourth-order valence-corrected chi connectivity index (χ4v) is 4.05. The number of amides is 1. The van der Waals surface area contributed by atoms with Crippen LogP contribution in [0.15, 0.2) is 4.79 Å². The van der Waals surface area contributed by atoms with Crippen molar-refractivity contribution in [3.63, 3.8) is 0 Å². The zero-order valence-electron chi connectivity index (χ0n) is 21.0. The van der Waals surface area contributed by atoms with E-state index in [0.29, 0.717) is 18.2 Å².